The average Bonchev–Trinajstić information content (AvgIpc) is 3.53. The molecule has 0 unspecified atom stereocenters. The second-order valence-electron chi connectivity index (χ2n) is 7.52. The largest absolute Gasteiger partial charge is 0.325 e. The zero-order valence-corrected chi connectivity index (χ0v) is 18.1. The molecule has 30 heavy (non-hydrogen) atoms. The molecule has 1 aliphatic rings. The highest BCUT2D eigenvalue weighted by atomic mass is 79.9. The van der Waals surface area contributed by atoms with E-state index in [1.807, 2.05) is 73.7 Å². The van der Waals surface area contributed by atoms with Crippen molar-refractivity contribution in [2.24, 2.45) is 0 Å². The van der Waals surface area contributed by atoms with Crippen molar-refractivity contribution in [3.63, 3.8) is 0 Å². The molecule has 6 heteroatoms. The topological polar surface area (TPSA) is 70.2 Å². The first kappa shape index (κ1) is 20.2. The Morgan fingerprint density at radius 3 is 2.27 bits per heavy atom. The van der Waals surface area contributed by atoms with Crippen molar-refractivity contribution in [1.82, 2.24) is 0 Å². The van der Waals surface area contributed by atoms with E-state index < -0.39 is 5.41 Å². The molecule has 1 aliphatic carbocycles. The van der Waals surface area contributed by atoms with Crippen molar-refractivity contribution < 1.29 is 9.59 Å². The lowest BCUT2D eigenvalue weighted by Crippen LogP contribution is -2.28. The van der Waals surface area contributed by atoms with E-state index in [4.69, 9.17) is 0 Å². The number of halogens is 1. The van der Waals surface area contributed by atoms with Gasteiger partial charge in [0.15, 0.2) is 0 Å². The lowest BCUT2D eigenvalue weighted by molar-refractivity contribution is -0.118. The summed E-state index contributed by atoms with van der Waals surface area (Å²) in [7, 11) is 0. The standard InChI is InChI=1S/C24H22BrN3O2/c1-16-10-11-20(27-23(30)26-19-8-3-2-4-9-19)15-21(16)28-22(29)24(12-13-24)17-6-5-7-18(25)14-17/h2-11,14-15H,12-13H2,1H3,(H,28,29)(H2,26,27,30). The third-order valence-corrected chi connectivity index (χ3v) is 5.83. The number of urea groups is 1. The highest BCUT2D eigenvalue weighted by Crippen LogP contribution is 2.49. The zero-order chi connectivity index (χ0) is 21.1. The van der Waals surface area contributed by atoms with Gasteiger partial charge in [-0.05, 0) is 67.3 Å². The van der Waals surface area contributed by atoms with Crippen LogP contribution in [0.15, 0.2) is 77.3 Å². The number of rotatable bonds is 5. The fraction of sp³-hybridized carbons (Fsp3) is 0.167. The van der Waals surface area contributed by atoms with Crippen molar-refractivity contribution in [3.05, 3.63) is 88.4 Å². The van der Waals surface area contributed by atoms with E-state index in [2.05, 4.69) is 31.9 Å². The predicted octanol–water partition coefficient (Wildman–Crippen LogP) is 6.07. The lowest BCUT2D eigenvalue weighted by Gasteiger charge is -2.18. The molecule has 1 saturated carbocycles. The zero-order valence-electron chi connectivity index (χ0n) is 16.5. The van der Waals surface area contributed by atoms with Crippen molar-refractivity contribution >= 4 is 44.9 Å². The molecule has 0 aliphatic heterocycles. The fourth-order valence-electron chi connectivity index (χ4n) is 3.45. The molecule has 3 amide bonds. The van der Waals surface area contributed by atoms with Gasteiger partial charge in [-0.1, -0.05) is 52.3 Å². The van der Waals surface area contributed by atoms with Crippen LogP contribution < -0.4 is 16.0 Å². The van der Waals surface area contributed by atoms with Gasteiger partial charge in [-0.3, -0.25) is 4.79 Å². The van der Waals surface area contributed by atoms with Gasteiger partial charge in [-0.2, -0.15) is 0 Å². The van der Waals surface area contributed by atoms with Crippen molar-refractivity contribution in [2.45, 2.75) is 25.2 Å². The van der Waals surface area contributed by atoms with Crippen molar-refractivity contribution in [1.29, 1.82) is 0 Å². The van der Waals surface area contributed by atoms with Crippen LogP contribution in [-0.4, -0.2) is 11.9 Å². The van der Waals surface area contributed by atoms with Gasteiger partial charge in [0.25, 0.3) is 0 Å². The van der Waals surface area contributed by atoms with E-state index in [-0.39, 0.29) is 11.9 Å². The van der Waals surface area contributed by atoms with Crippen molar-refractivity contribution in [2.75, 3.05) is 16.0 Å². The summed E-state index contributed by atoms with van der Waals surface area (Å²) in [6.45, 7) is 1.93. The van der Waals surface area contributed by atoms with Gasteiger partial charge in [0.1, 0.15) is 0 Å². The van der Waals surface area contributed by atoms with E-state index in [1.165, 1.54) is 0 Å². The number of aryl methyl sites for hydroxylation is 1. The van der Waals surface area contributed by atoms with Gasteiger partial charge in [0.05, 0.1) is 5.41 Å². The Morgan fingerprint density at radius 2 is 1.57 bits per heavy atom. The SMILES string of the molecule is Cc1ccc(NC(=O)Nc2ccccc2)cc1NC(=O)C1(c2cccc(Br)c2)CC1. The second-order valence-corrected chi connectivity index (χ2v) is 8.44. The van der Waals surface area contributed by atoms with Crippen LogP contribution in [0.1, 0.15) is 24.0 Å². The fourth-order valence-corrected chi connectivity index (χ4v) is 3.85. The van der Waals surface area contributed by atoms with Gasteiger partial charge in [0, 0.05) is 21.5 Å². The Morgan fingerprint density at radius 1 is 0.833 bits per heavy atom. The van der Waals surface area contributed by atoms with Crippen LogP contribution in [0.5, 0.6) is 0 Å². The van der Waals surface area contributed by atoms with Crippen LogP contribution in [0.2, 0.25) is 0 Å². The molecule has 152 valence electrons. The number of carbonyl (C=O) groups excluding carboxylic acids is 2. The predicted molar refractivity (Wildman–Crippen MR) is 124 cm³/mol. The molecule has 1 fully saturated rings. The van der Waals surface area contributed by atoms with Crippen LogP contribution in [0.4, 0.5) is 21.9 Å². The molecule has 0 spiro atoms. The monoisotopic (exact) mass is 463 g/mol. The number of para-hydroxylation sites is 1. The molecule has 3 N–H and O–H groups in total. The number of carbonyl (C=O) groups is 2. The maximum atomic E-state index is 13.1. The molecule has 0 atom stereocenters. The minimum absolute atomic E-state index is 0.0189. The number of benzene rings is 3. The van der Waals surface area contributed by atoms with E-state index in [1.54, 1.807) is 6.07 Å². The maximum absolute atomic E-state index is 13.1. The molecule has 0 radical (unpaired) electrons. The molecule has 0 aromatic heterocycles. The lowest BCUT2D eigenvalue weighted by atomic mass is 9.95. The molecule has 4 rings (SSSR count). The van der Waals surface area contributed by atoms with E-state index in [9.17, 15) is 9.59 Å². The minimum atomic E-state index is -0.482. The number of anilines is 3. The van der Waals surface area contributed by atoms with Crippen LogP contribution >= 0.6 is 15.9 Å². The number of amides is 3. The summed E-state index contributed by atoms with van der Waals surface area (Å²) >= 11 is 3.49. The van der Waals surface area contributed by atoms with Crippen LogP contribution in [-0.2, 0) is 10.2 Å². The van der Waals surface area contributed by atoms with Gasteiger partial charge in [-0.25, -0.2) is 4.79 Å². The second kappa shape index (κ2) is 8.32. The van der Waals surface area contributed by atoms with E-state index in [0.717, 1.165) is 28.4 Å². The molecule has 0 saturated heterocycles. The van der Waals surface area contributed by atoms with Gasteiger partial charge < -0.3 is 16.0 Å². The summed E-state index contributed by atoms with van der Waals surface area (Å²) in [5.74, 6) is -0.0189. The molecule has 0 heterocycles. The molecule has 5 nitrogen and oxygen atoms in total. The number of nitrogens with one attached hydrogen (secondary N) is 3. The number of hydrogen-bond donors (Lipinski definition) is 3. The van der Waals surface area contributed by atoms with Crippen LogP contribution in [0.25, 0.3) is 0 Å². The summed E-state index contributed by atoms with van der Waals surface area (Å²) in [5.41, 5.74) is 3.48. The van der Waals surface area contributed by atoms with Crippen LogP contribution in [0.3, 0.4) is 0 Å². The minimum Gasteiger partial charge on any atom is -0.325 e. The Balaban J connectivity index is 1.47. The first-order chi connectivity index (χ1) is 14.5. The Hall–Kier alpha value is -3.12. The Bertz CT molecular complexity index is 1090. The highest BCUT2D eigenvalue weighted by molar-refractivity contribution is 9.10. The van der Waals surface area contributed by atoms with Gasteiger partial charge in [0.2, 0.25) is 5.91 Å². The first-order valence-electron chi connectivity index (χ1n) is 9.77. The van der Waals surface area contributed by atoms with Gasteiger partial charge >= 0.3 is 6.03 Å². The third-order valence-electron chi connectivity index (χ3n) is 5.34. The van der Waals surface area contributed by atoms with Gasteiger partial charge in [-0.15, -0.1) is 0 Å². The molecular weight excluding hydrogens is 442 g/mol. The average molecular weight is 464 g/mol. The van der Waals surface area contributed by atoms with E-state index >= 15 is 0 Å². The molecular formula is C24H22BrN3O2. The molecule has 3 aromatic carbocycles. The maximum Gasteiger partial charge on any atom is 0.323 e. The Labute approximate surface area is 184 Å². The summed E-state index contributed by atoms with van der Waals surface area (Å²) in [6, 6.07) is 22.3. The smallest absolute Gasteiger partial charge is 0.323 e. The summed E-state index contributed by atoms with van der Waals surface area (Å²) < 4.78 is 0.964. The number of hydrogen-bond acceptors (Lipinski definition) is 2. The summed E-state index contributed by atoms with van der Waals surface area (Å²) in [5, 5.41) is 8.67. The quantitative estimate of drug-likeness (QED) is 0.429. The first-order valence-corrected chi connectivity index (χ1v) is 10.6. The highest BCUT2D eigenvalue weighted by Gasteiger charge is 2.51. The van der Waals surface area contributed by atoms with Crippen molar-refractivity contribution in [3.8, 4) is 0 Å². The normalized spacial score (nSPS) is 13.9. The Kier molecular flexibility index (Phi) is 5.59. The molecule has 0 bridgehead atoms. The summed E-state index contributed by atoms with van der Waals surface area (Å²) in [6.07, 6.45) is 1.65. The van der Waals surface area contributed by atoms with E-state index in [0.29, 0.717) is 17.1 Å². The third kappa shape index (κ3) is 4.39. The van der Waals surface area contributed by atoms with Crippen LogP contribution in [0, 0.1) is 6.92 Å². The summed E-state index contributed by atoms with van der Waals surface area (Å²) in [4.78, 5) is 25.4. The molecule has 3 aromatic rings.